The van der Waals surface area contributed by atoms with Crippen molar-refractivity contribution in [3.63, 3.8) is 0 Å². The summed E-state index contributed by atoms with van der Waals surface area (Å²) in [6.07, 6.45) is -4.71. The van der Waals surface area contributed by atoms with Gasteiger partial charge in [0.05, 0.1) is 5.33 Å². The highest BCUT2D eigenvalue weighted by molar-refractivity contribution is 9.09. The number of benzene rings is 1. The molecule has 3 nitrogen and oxygen atoms in total. The third-order valence-electron chi connectivity index (χ3n) is 1.49. The number of hydrogen-bond donors (Lipinski definition) is 1. The lowest BCUT2D eigenvalue weighted by Crippen LogP contribution is -2.17. The number of carbonyl (C=O) groups is 1. The topological polar surface area (TPSA) is 38.3 Å². The fourth-order valence-corrected chi connectivity index (χ4v) is 1.07. The van der Waals surface area contributed by atoms with E-state index in [4.69, 9.17) is 0 Å². The Hall–Kier alpha value is -1.24. The molecular formula is C9H7BrF3NO2. The van der Waals surface area contributed by atoms with E-state index in [0.717, 1.165) is 12.1 Å². The van der Waals surface area contributed by atoms with Crippen LogP contribution in [0.25, 0.3) is 0 Å². The van der Waals surface area contributed by atoms with Gasteiger partial charge in [0.25, 0.3) is 0 Å². The Morgan fingerprint density at radius 2 is 1.88 bits per heavy atom. The summed E-state index contributed by atoms with van der Waals surface area (Å²) < 4.78 is 39.1. The monoisotopic (exact) mass is 297 g/mol. The second kappa shape index (κ2) is 5.20. The average Bonchev–Trinajstić information content (AvgIpc) is 2.18. The SMILES string of the molecule is O=C(CBr)Nc1ccc(OC(F)(F)F)cc1. The zero-order valence-electron chi connectivity index (χ0n) is 7.84. The van der Waals surface area contributed by atoms with Crippen molar-refractivity contribution in [2.45, 2.75) is 6.36 Å². The molecule has 0 aliphatic heterocycles. The molecule has 7 heteroatoms. The normalized spacial score (nSPS) is 11.0. The molecule has 88 valence electrons. The van der Waals surface area contributed by atoms with Crippen LogP contribution in [0.5, 0.6) is 5.75 Å². The number of rotatable bonds is 3. The first-order valence-electron chi connectivity index (χ1n) is 4.12. The fraction of sp³-hybridized carbons (Fsp3) is 0.222. The molecule has 1 aromatic rings. The van der Waals surface area contributed by atoms with Crippen molar-refractivity contribution in [1.29, 1.82) is 0 Å². The van der Waals surface area contributed by atoms with Crippen LogP contribution < -0.4 is 10.1 Å². The molecule has 0 aliphatic carbocycles. The van der Waals surface area contributed by atoms with Gasteiger partial charge in [-0.15, -0.1) is 13.2 Å². The van der Waals surface area contributed by atoms with Crippen LogP contribution in [0.3, 0.4) is 0 Å². The Balaban J connectivity index is 2.64. The fourth-order valence-electron chi connectivity index (χ4n) is 0.934. The summed E-state index contributed by atoms with van der Waals surface area (Å²) in [4.78, 5) is 10.9. The highest BCUT2D eigenvalue weighted by atomic mass is 79.9. The van der Waals surface area contributed by atoms with Crippen molar-refractivity contribution in [3.8, 4) is 5.75 Å². The summed E-state index contributed by atoms with van der Waals surface area (Å²) in [6.45, 7) is 0. The summed E-state index contributed by atoms with van der Waals surface area (Å²) in [7, 11) is 0. The maximum atomic E-state index is 11.8. The van der Waals surface area contributed by atoms with Gasteiger partial charge in [-0.05, 0) is 24.3 Å². The van der Waals surface area contributed by atoms with Crippen LogP contribution in [0.15, 0.2) is 24.3 Å². The molecule has 0 heterocycles. The minimum atomic E-state index is -4.71. The Morgan fingerprint density at radius 3 is 2.31 bits per heavy atom. The molecule has 1 aromatic carbocycles. The van der Waals surface area contributed by atoms with Gasteiger partial charge in [0.2, 0.25) is 5.91 Å². The predicted octanol–water partition coefficient (Wildman–Crippen LogP) is 2.92. The minimum absolute atomic E-state index is 0.119. The zero-order valence-corrected chi connectivity index (χ0v) is 9.43. The Kier molecular flexibility index (Phi) is 4.17. The molecule has 0 spiro atoms. The molecule has 16 heavy (non-hydrogen) atoms. The van der Waals surface area contributed by atoms with E-state index in [0.29, 0.717) is 5.69 Å². The number of alkyl halides is 4. The standard InChI is InChI=1S/C9H7BrF3NO2/c10-5-8(15)14-6-1-3-7(4-2-6)16-9(11,12)13/h1-4H,5H2,(H,14,15). The highest BCUT2D eigenvalue weighted by Gasteiger charge is 2.30. The minimum Gasteiger partial charge on any atom is -0.406 e. The van der Waals surface area contributed by atoms with E-state index in [1.54, 1.807) is 0 Å². The number of ether oxygens (including phenoxy) is 1. The van der Waals surface area contributed by atoms with Gasteiger partial charge in [0.15, 0.2) is 0 Å². The molecule has 0 fully saturated rings. The first kappa shape index (κ1) is 12.8. The Morgan fingerprint density at radius 1 is 1.31 bits per heavy atom. The number of anilines is 1. The molecule has 1 N–H and O–H groups in total. The van der Waals surface area contributed by atoms with Gasteiger partial charge < -0.3 is 10.1 Å². The van der Waals surface area contributed by atoms with Crippen LogP contribution in [-0.2, 0) is 4.79 Å². The summed E-state index contributed by atoms with van der Waals surface area (Å²) in [5, 5.41) is 2.58. The summed E-state index contributed by atoms with van der Waals surface area (Å²) in [5.41, 5.74) is 0.402. The van der Waals surface area contributed by atoms with Crippen molar-refractivity contribution in [2.75, 3.05) is 10.6 Å². The van der Waals surface area contributed by atoms with Crippen LogP contribution >= 0.6 is 15.9 Å². The number of carbonyl (C=O) groups excluding carboxylic acids is 1. The smallest absolute Gasteiger partial charge is 0.406 e. The molecule has 0 aromatic heterocycles. The quantitative estimate of drug-likeness (QED) is 0.871. The van der Waals surface area contributed by atoms with Crippen LogP contribution in [0.4, 0.5) is 18.9 Å². The van der Waals surface area contributed by atoms with E-state index in [9.17, 15) is 18.0 Å². The maximum absolute atomic E-state index is 11.8. The van der Waals surface area contributed by atoms with E-state index in [1.165, 1.54) is 12.1 Å². The van der Waals surface area contributed by atoms with Crippen molar-refractivity contribution in [2.24, 2.45) is 0 Å². The van der Waals surface area contributed by atoms with Gasteiger partial charge in [-0.2, -0.15) is 0 Å². The summed E-state index contributed by atoms with van der Waals surface area (Å²) in [5.74, 6) is -0.617. The van der Waals surface area contributed by atoms with Gasteiger partial charge in [-0.1, -0.05) is 15.9 Å². The Bertz CT molecular complexity index is 364. The van der Waals surface area contributed by atoms with Crippen LogP contribution in [0.1, 0.15) is 0 Å². The van der Waals surface area contributed by atoms with Crippen molar-refractivity contribution in [1.82, 2.24) is 0 Å². The van der Waals surface area contributed by atoms with Crippen molar-refractivity contribution in [3.05, 3.63) is 24.3 Å². The predicted molar refractivity (Wildman–Crippen MR) is 55.5 cm³/mol. The first-order chi connectivity index (χ1) is 7.40. The van der Waals surface area contributed by atoms with Gasteiger partial charge in [-0.3, -0.25) is 4.79 Å². The molecule has 1 rings (SSSR count). The van der Waals surface area contributed by atoms with Gasteiger partial charge in [0.1, 0.15) is 5.75 Å². The molecular weight excluding hydrogens is 291 g/mol. The lowest BCUT2D eigenvalue weighted by atomic mass is 10.3. The van der Waals surface area contributed by atoms with Gasteiger partial charge in [-0.25, -0.2) is 0 Å². The van der Waals surface area contributed by atoms with Gasteiger partial charge in [0, 0.05) is 5.69 Å². The highest BCUT2D eigenvalue weighted by Crippen LogP contribution is 2.23. The van der Waals surface area contributed by atoms with E-state index < -0.39 is 6.36 Å². The number of amides is 1. The number of halogens is 4. The number of hydrogen-bond acceptors (Lipinski definition) is 2. The van der Waals surface area contributed by atoms with Crippen LogP contribution in [-0.4, -0.2) is 17.6 Å². The van der Waals surface area contributed by atoms with E-state index >= 15 is 0 Å². The van der Waals surface area contributed by atoms with E-state index in [1.807, 2.05) is 0 Å². The van der Waals surface area contributed by atoms with Crippen LogP contribution in [0.2, 0.25) is 0 Å². The third-order valence-corrected chi connectivity index (χ3v) is 2.00. The lowest BCUT2D eigenvalue weighted by molar-refractivity contribution is -0.274. The molecule has 1 amide bonds. The molecule has 0 atom stereocenters. The van der Waals surface area contributed by atoms with Crippen molar-refractivity contribution < 1.29 is 22.7 Å². The largest absolute Gasteiger partial charge is 0.573 e. The summed E-state index contributed by atoms with van der Waals surface area (Å²) in [6, 6.07) is 4.89. The second-order valence-electron chi connectivity index (χ2n) is 2.75. The lowest BCUT2D eigenvalue weighted by Gasteiger charge is -2.09. The average molecular weight is 298 g/mol. The molecule has 0 saturated carbocycles. The first-order valence-corrected chi connectivity index (χ1v) is 5.24. The Labute approximate surface area is 97.7 Å². The molecule has 0 saturated heterocycles. The molecule has 0 bridgehead atoms. The van der Waals surface area contributed by atoms with E-state index in [2.05, 4.69) is 26.0 Å². The molecule has 0 aliphatic rings. The summed E-state index contributed by atoms with van der Waals surface area (Å²) >= 11 is 2.94. The zero-order chi connectivity index (χ0) is 12.2. The second-order valence-corrected chi connectivity index (χ2v) is 3.31. The van der Waals surface area contributed by atoms with Crippen LogP contribution in [0, 0.1) is 0 Å². The van der Waals surface area contributed by atoms with E-state index in [-0.39, 0.29) is 17.0 Å². The maximum Gasteiger partial charge on any atom is 0.573 e. The number of nitrogens with one attached hydrogen (secondary N) is 1. The van der Waals surface area contributed by atoms with Gasteiger partial charge >= 0.3 is 6.36 Å². The molecule has 0 unspecified atom stereocenters. The van der Waals surface area contributed by atoms with Crippen molar-refractivity contribution >= 4 is 27.5 Å². The third kappa shape index (κ3) is 4.52. The molecule has 0 radical (unpaired) electrons.